The summed E-state index contributed by atoms with van der Waals surface area (Å²) in [6, 6.07) is 10.6. The Morgan fingerprint density at radius 3 is 2.52 bits per heavy atom. The van der Waals surface area contributed by atoms with Crippen molar-refractivity contribution in [3.63, 3.8) is 0 Å². The number of benzene rings is 1. The minimum absolute atomic E-state index is 0.0312. The number of imidazole rings is 1. The van der Waals surface area contributed by atoms with E-state index >= 15 is 0 Å². The van der Waals surface area contributed by atoms with E-state index in [-0.39, 0.29) is 11.4 Å². The first-order valence-electron chi connectivity index (χ1n) is 9.10. The van der Waals surface area contributed by atoms with Crippen LogP contribution in [0.25, 0.3) is 0 Å². The average molecular weight is 338 g/mol. The maximum atomic E-state index is 12.5. The van der Waals surface area contributed by atoms with Crippen LogP contribution >= 0.6 is 0 Å². The van der Waals surface area contributed by atoms with Crippen LogP contribution in [0.4, 0.5) is 0 Å². The first-order valence-corrected chi connectivity index (χ1v) is 9.10. The summed E-state index contributed by atoms with van der Waals surface area (Å²) >= 11 is 0. The third kappa shape index (κ3) is 2.76. The highest BCUT2D eigenvalue weighted by atomic mass is 16.2. The van der Waals surface area contributed by atoms with E-state index in [4.69, 9.17) is 0 Å². The van der Waals surface area contributed by atoms with Crippen LogP contribution < -0.4 is 0 Å². The molecule has 3 heterocycles. The first kappa shape index (κ1) is 16.3. The Morgan fingerprint density at radius 2 is 1.88 bits per heavy atom. The van der Waals surface area contributed by atoms with Gasteiger partial charge in [0, 0.05) is 51.9 Å². The Morgan fingerprint density at radius 1 is 1.16 bits per heavy atom. The molecule has 0 radical (unpaired) electrons. The number of carbonyl (C=O) groups is 1. The van der Waals surface area contributed by atoms with Crippen molar-refractivity contribution in [2.75, 3.05) is 20.1 Å². The lowest BCUT2D eigenvalue weighted by atomic mass is 9.74. The molecule has 0 bridgehead atoms. The van der Waals surface area contributed by atoms with Gasteiger partial charge in [-0.3, -0.25) is 9.69 Å². The topological polar surface area (TPSA) is 41.4 Å². The minimum Gasteiger partial charge on any atom is -0.339 e. The van der Waals surface area contributed by atoms with Gasteiger partial charge in [0.15, 0.2) is 0 Å². The average Bonchev–Trinajstić information content (AvgIpc) is 3.14. The van der Waals surface area contributed by atoms with Crippen LogP contribution in [0.1, 0.15) is 36.6 Å². The van der Waals surface area contributed by atoms with Crippen molar-refractivity contribution < 1.29 is 4.79 Å². The molecular formula is C20H26N4O. The number of aromatic nitrogens is 2. The lowest BCUT2D eigenvalue weighted by Gasteiger charge is -2.46. The second-order valence-electron chi connectivity index (χ2n) is 7.45. The highest BCUT2D eigenvalue weighted by molar-refractivity contribution is 5.81. The summed E-state index contributed by atoms with van der Waals surface area (Å²) in [5, 5.41) is 0. The molecule has 132 valence electrons. The highest BCUT2D eigenvalue weighted by Gasteiger charge is 2.52. The fourth-order valence-corrected chi connectivity index (χ4v) is 4.63. The van der Waals surface area contributed by atoms with Crippen molar-refractivity contribution in [3.8, 4) is 0 Å². The van der Waals surface area contributed by atoms with Crippen LogP contribution in [0.15, 0.2) is 42.7 Å². The SMILES string of the molecule is CN1C(=O)C[C@@H](c2ccccc2)C12CCN(Cc1nccn1C)CC2. The van der Waals surface area contributed by atoms with Gasteiger partial charge in [-0.2, -0.15) is 0 Å². The van der Waals surface area contributed by atoms with Crippen LogP contribution in [-0.4, -0.2) is 50.9 Å². The Kier molecular flexibility index (Phi) is 4.12. The standard InChI is InChI=1S/C20H26N4O/c1-22-13-10-21-18(22)15-24-11-8-20(9-12-24)17(14-19(25)23(20)2)16-6-4-3-5-7-16/h3-7,10,13,17H,8-9,11-12,14-15H2,1-2H3/t17-/m0/s1. The van der Waals surface area contributed by atoms with E-state index in [1.807, 2.05) is 37.5 Å². The molecular weight excluding hydrogens is 312 g/mol. The van der Waals surface area contributed by atoms with Gasteiger partial charge in [-0.05, 0) is 18.4 Å². The lowest BCUT2D eigenvalue weighted by Crippen LogP contribution is -2.53. The Labute approximate surface area is 149 Å². The van der Waals surface area contributed by atoms with Gasteiger partial charge in [0.05, 0.1) is 12.1 Å². The first-order chi connectivity index (χ1) is 12.1. The number of amides is 1. The van der Waals surface area contributed by atoms with Crippen molar-refractivity contribution in [1.82, 2.24) is 19.4 Å². The van der Waals surface area contributed by atoms with Crippen molar-refractivity contribution in [3.05, 3.63) is 54.1 Å². The van der Waals surface area contributed by atoms with Crippen LogP contribution in [0, 0.1) is 0 Å². The molecule has 25 heavy (non-hydrogen) atoms. The van der Waals surface area contributed by atoms with Gasteiger partial charge in [-0.1, -0.05) is 30.3 Å². The number of aryl methyl sites for hydroxylation is 1. The number of hydrogen-bond donors (Lipinski definition) is 0. The maximum absolute atomic E-state index is 12.5. The minimum atomic E-state index is -0.0312. The van der Waals surface area contributed by atoms with Gasteiger partial charge in [0.2, 0.25) is 5.91 Å². The molecule has 2 saturated heterocycles. The summed E-state index contributed by atoms with van der Waals surface area (Å²) in [6.07, 6.45) is 6.55. The monoisotopic (exact) mass is 338 g/mol. The predicted octanol–water partition coefficient (Wildman–Crippen LogP) is 2.40. The zero-order valence-electron chi connectivity index (χ0n) is 15.1. The molecule has 0 aliphatic carbocycles. The van der Waals surface area contributed by atoms with E-state index in [2.05, 4.69) is 38.7 Å². The molecule has 1 amide bonds. The molecule has 1 spiro atoms. The number of likely N-dealkylation sites (tertiary alicyclic amines) is 2. The quantitative estimate of drug-likeness (QED) is 0.863. The molecule has 2 aromatic rings. The Bertz CT molecular complexity index is 746. The van der Waals surface area contributed by atoms with E-state index in [9.17, 15) is 4.79 Å². The maximum Gasteiger partial charge on any atom is 0.223 e. The fourth-order valence-electron chi connectivity index (χ4n) is 4.63. The van der Waals surface area contributed by atoms with E-state index in [1.165, 1.54) is 5.56 Å². The third-order valence-electron chi connectivity index (χ3n) is 6.28. The number of likely N-dealkylation sites (N-methyl/N-ethyl adjacent to an activating group) is 1. The van der Waals surface area contributed by atoms with E-state index in [0.29, 0.717) is 12.3 Å². The van der Waals surface area contributed by atoms with Gasteiger partial charge in [-0.25, -0.2) is 4.98 Å². The smallest absolute Gasteiger partial charge is 0.223 e. The zero-order chi connectivity index (χ0) is 17.4. The Balaban J connectivity index is 1.53. The summed E-state index contributed by atoms with van der Waals surface area (Å²) in [5.74, 6) is 1.69. The van der Waals surface area contributed by atoms with Gasteiger partial charge in [0.1, 0.15) is 5.82 Å². The van der Waals surface area contributed by atoms with Crippen molar-refractivity contribution in [1.29, 1.82) is 0 Å². The third-order valence-corrected chi connectivity index (χ3v) is 6.28. The molecule has 4 rings (SSSR count). The van der Waals surface area contributed by atoms with Crippen LogP contribution in [0.5, 0.6) is 0 Å². The van der Waals surface area contributed by atoms with Crippen LogP contribution in [0.3, 0.4) is 0 Å². The summed E-state index contributed by atoms with van der Waals surface area (Å²) in [7, 11) is 4.04. The molecule has 0 N–H and O–H groups in total. The number of piperidine rings is 1. The van der Waals surface area contributed by atoms with Crippen molar-refractivity contribution >= 4 is 5.91 Å². The molecule has 1 aromatic heterocycles. The molecule has 2 aliphatic heterocycles. The van der Waals surface area contributed by atoms with E-state index in [1.54, 1.807) is 0 Å². The number of carbonyl (C=O) groups excluding carboxylic acids is 1. The largest absolute Gasteiger partial charge is 0.339 e. The molecule has 5 nitrogen and oxygen atoms in total. The molecule has 1 aromatic carbocycles. The lowest BCUT2D eigenvalue weighted by molar-refractivity contribution is -0.130. The van der Waals surface area contributed by atoms with Crippen LogP contribution in [0.2, 0.25) is 0 Å². The molecule has 2 fully saturated rings. The van der Waals surface area contributed by atoms with Crippen molar-refractivity contribution in [2.24, 2.45) is 7.05 Å². The summed E-state index contributed by atoms with van der Waals surface area (Å²) in [5.41, 5.74) is 1.27. The van der Waals surface area contributed by atoms with Gasteiger partial charge in [0.25, 0.3) is 0 Å². The second-order valence-corrected chi connectivity index (χ2v) is 7.45. The second kappa shape index (κ2) is 6.30. The fraction of sp³-hybridized carbons (Fsp3) is 0.500. The molecule has 5 heteroatoms. The molecule has 0 unspecified atom stereocenters. The predicted molar refractivity (Wildman–Crippen MR) is 97.0 cm³/mol. The van der Waals surface area contributed by atoms with E-state index in [0.717, 1.165) is 38.3 Å². The van der Waals surface area contributed by atoms with E-state index < -0.39 is 0 Å². The molecule has 2 aliphatic rings. The summed E-state index contributed by atoms with van der Waals surface area (Å²) in [4.78, 5) is 21.5. The summed E-state index contributed by atoms with van der Waals surface area (Å²) < 4.78 is 2.09. The molecule has 0 saturated carbocycles. The Hall–Kier alpha value is -2.14. The van der Waals surface area contributed by atoms with Gasteiger partial charge < -0.3 is 9.47 Å². The van der Waals surface area contributed by atoms with Crippen LogP contribution in [-0.2, 0) is 18.4 Å². The van der Waals surface area contributed by atoms with Gasteiger partial charge in [-0.15, -0.1) is 0 Å². The number of rotatable bonds is 3. The number of hydrogen-bond acceptors (Lipinski definition) is 3. The zero-order valence-corrected chi connectivity index (χ0v) is 15.1. The normalized spacial score (nSPS) is 23.5. The highest BCUT2D eigenvalue weighted by Crippen LogP contribution is 2.48. The van der Waals surface area contributed by atoms with Crippen molar-refractivity contribution in [2.45, 2.75) is 37.3 Å². The summed E-state index contributed by atoms with van der Waals surface area (Å²) in [6.45, 7) is 2.90. The number of nitrogens with zero attached hydrogens (tertiary/aromatic N) is 4. The van der Waals surface area contributed by atoms with Gasteiger partial charge >= 0.3 is 0 Å². The molecule has 1 atom stereocenters.